The first-order chi connectivity index (χ1) is 17.7. The summed E-state index contributed by atoms with van der Waals surface area (Å²) in [7, 11) is 2.90. The lowest BCUT2D eigenvalue weighted by atomic mass is 9.97. The van der Waals surface area contributed by atoms with Crippen LogP contribution in [0.2, 0.25) is 0 Å². The van der Waals surface area contributed by atoms with Crippen molar-refractivity contribution >= 4 is 28.7 Å². The first-order valence-corrected chi connectivity index (χ1v) is 11.0. The van der Waals surface area contributed by atoms with Gasteiger partial charge in [0.25, 0.3) is 5.69 Å². The highest BCUT2D eigenvalue weighted by Gasteiger charge is 2.36. The van der Waals surface area contributed by atoms with E-state index in [2.05, 4.69) is 10.5 Å². The average Bonchev–Trinajstić information content (AvgIpc) is 3.21. The van der Waals surface area contributed by atoms with Gasteiger partial charge in [-0.05, 0) is 24.6 Å². The number of benzene rings is 3. The average molecular weight is 506 g/mol. The van der Waals surface area contributed by atoms with E-state index >= 15 is 0 Å². The first kappa shape index (κ1) is 25.1. The number of nitrogens with one attached hydrogen (secondary N) is 1. The zero-order chi connectivity index (χ0) is 26.7. The van der Waals surface area contributed by atoms with E-state index in [1.807, 2.05) is 31.2 Å². The standard InChI is InChI=1S/C25H22N4O8/c1-14-4-6-15(7-5-14)19(27-26-18-10-8-16(28(31)32)12-20(18)29(33)34)13-22-17-9-11-21(35-2)24(36-3)23(17)25(30)37-22/h4-12,22,26H,13H2,1-3H3/b27-19+/t22-/m0/s1. The van der Waals surface area contributed by atoms with Crippen LogP contribution in [-0.4, -0.2) is 35.7 Å². The van der Waals surface area contributed by atoms with Gasteiger partial charge in [-0.3, -0.25) is 25.7 Å². The molecule has 1 aliphatic rings. The minimum absolute atomic E-state index is 0.0320. The molecule has 12 nitrogen and oxygen atoms in total. The Morgan fingerprint density at radius 2 is 1.76 bits per heavy atom. The van der Waals surface area contributed by atoms with Crippen LogP contribution in [-0.2, 0) is 4.74 Å². The minimum Gasteiger partial charge on any atom is -0.493 e. The third-order valence-corrected chi connectivity index (χ3v) is 5.84. The summed E-state index contributed by atoms with van der Waals surface area (Å²) in [6, 6.07) is 14.0. The molecule has 1 N–H and O–H groups in total. The van der Waals surface area contributed by atoms with Crippen LogP contribution in [0.25, 0.3) is 0 Å². The SMILES string of the molecule is COc1ccc2c(c1OC)C(=O)O[C@H]2C/C(=N\Nc1ccc([N+](=O)[O-])cc1[N+](=O)[O-])c1ccc(C)cc1. The van der Waals surface area contributed by atoms with Gasteiger partial charge in [-0.2, -0.15) is 5.10 Å². The summed E-state index contributed by atoms with van der Waals surface area (Å²) in [5, 5.41) is 27.0. The third-order valence-electron chi connectivity index (χ3n) is 5.84. The van der Waals surface area contributed by atoms with E-state index in [4.69, 9.17) is 14.2 Å². The van der Waals surface area contributed by atoms with Crippen LogP contribution in [0.15, 0.2) is 59.7 Å². The smallest absolute Gasteiger partial charge is 0.343 e. The van der Waals surface area contributed by atoms with Crippen molar-refractivity contribution in [2.75, 3.05) is 19.6 Å². The molecule has 0 spiro atoms. The maximum atomic E-state index is 12.7. The summed E-state index contributed by atoms with van der Waals surface area (Å²) in [5.41, 5.74) is 4.69. The number of esters is 1. The summed E-state index contributed by atoms with van der Waals surface area (Å²) < 4.78 is 16.3. The fourth-order valence-electron chi connectivity index (χ4n) is 3.98. The lowest BCUT2D eigenvalue weighted by molar-refractivity contribution is -0.393. The van der Waals surface area contributed by atoms with Gasteiger partial charge in [0.2, 0.25) is 0 Å². The van der Waals surface area contributed by atoms with E-state index in [1.165, 1.54) is 20.3 Å². The van der Waals surface area contributed by atoms with E-state index in [-0.39, 0.29) is 23.4 Å². The Morgan fingerprint density at radius 3 is 2.38 bits per heavy atom. The second-order valence-electron chi connectivity index (χ2n) is 8.12. The first-order valence-electron chi connectivity index (χ1n) is 11.0. The van der Waals surface area contributed by atoms with Crippen molar-refractivity contribution in [2.45, 2.75) is 19.4 Å². The molecule has 0 bridgehead atoms. The van der Waals surface area contributed by atoms with Gasteiger partial charge in [-0.25, -0.2) is 4.79 Å². The number of nitrogens with zero attached hydrogens (tertiary/aromatic N) is 3. The molecular formula is C25H22N4O8. The summed E-state index contributed by atoms with van der Waals surface area (Å²) in [6.07, 6.45) is -0.582. The van der Waals surface area contributed by atoms with Crippen molar-refractivity contribution in [2.24, 2.45) is 5.10 Å². The summed E-state index contributed by atoms with van der Waals surface area (Å²) in [6.45, 7) is 1.92. The Kier molecular flexibility index (Phi) is 7.00. The molecule has 0 aromatic heterocycles. The number of aryl methyl sites for hydroxylation is 1. The monoisotopic (exact) mass is 506 g/mol. The predicted octanol–water partition coefficient (Wildman–Crippen LogP) is 4.95. The van der Waals surface area contributed by atoms with E-state index in [0.29, 0.717) is 22.6 Å². The molecule has 3 aromatic rings. The molecule has 3 aromatic carbocycles. The van der Waals surface area contributed by atoms with Crippen LogP contribution < -0.4 is 14.9 Å². The molecule has 0 unspecified atom stereocenters. The Labute approximate surface area is 210 Å². The molecule has 0 aliphatic carbocycles. The van der Waals surface area contributed by atoms with E-state index in [9.17, 15) is 25.0 Å². The van der Waals surface area contributed by atoms with Crippen molar-refractivity contribution in [3.05, 3.63) is 97.1 Å². The summed E-state index contributed by atoms with van der Waals surface area (Å²) in [4.78, 5) is 33.9. The maximum Gasteiger partial charge on any atom is 0.343 e. The van der Waals surface area contributed by atoms with Gasteiger partial charge in [0.15, 0.2) is 11.5 Å². The van der Waals surface area contributed by atoms with Crippen molar-refractivity contribution in [1.29, 1.82) is 0 Å². The van der Waals surface area contributed by atoms with Crippen molar-refractivity contribution in [3.63, 3.8) is 0 Å². The molecule has 12 heteroatoms. The maximum absolute atomic E-state index is 12.7. The lowest BCUT2D eigenvalue weighted by Crippen LogP contribution is -2.11. The molecule has 1 atom stereocenters. The van der Waals surface area contributed by atoms with Crippen molar-refractivity contribution in [3.8, 4) is 11.5 Å². The number of nitro benzene ring substituents is 2. The number of methoxy groups -OCH3 is 2. The van der Waals surface area contributed by atoms with E-state index in [0.717, 1.165) is 17.7 Å². The molecule has 4 rings (SSSR count). The van der Waals surface area contributed by atoms with Crippen LogP contribution in [0.3, 0.4) is 0 Å². The molecule has 0 radical (unpaired) electrons. The number of hydrogen-bond donors (Lipinski definition) is 1. The van der Waals surface area contributed by atoms with E-state index in [1.54, 1.807) is 12.1 Å². The molecule has 0 saturated carbocycles. The number of carbonyl (C=O) groups excluding carboxylic acids is 1. The Balaban J connectivity index is 1.73. The zero-order valence-corrected chi connectivity index (χ0v) is 20.1. The van der Waals surface area contributed by atoms with Crippen LogP contribution >= 0.6 is 0 Å². The van der Waals surface area contributed by atoms with Gasteiger partial charge >= 0.3 is 11.7 Å². The number of fused-ring (bicyclic) bond motifs is 1. The lowest BCUT2D eigenvalue weighted by Gasteiger charge is -2.15. The molecule has 1 heterocycles. The predicted molar refractivity (Wildman–Crippen MR) is 133 cm³/mol. The minimum atomic E-state index is -0.731. The fraction of sp³-hybridized carbons (Fsp3) is 0.200. The molecular weight excluding hydrogens is 484 g/mol. The normalized spacial score (nSPS) is 14.5. The van der Waals surface area contributed by atoms with Gasteiger partial charge in [0, 0.05) is 18.1 Å². The number of carbonyl (C=O) groups is 1. The Bertz CT molecular complexity index is 1420. The van der Waals surface area contributed by atoms with Crippen molar-refractivity contribution in [1.82, 2.24) is 0 Å². The number of hydrazone groups is 1. The molecule has 37 heavy (non-hydrogen) atoms. The van der Waals surface area contributed by atoms with Crippen LogP contribution in [0.5, 0.6) is 11.5 Å². The number of nitro groups is 2. The fourth-order valence-corrected chi connectivity index (χ4v) is 3.98. The molecule has 0 amide bonds. The second-order valence-corrected chi connectivity index (χ2v) is 8.12. The molecule has 0 saturated heterocycles. The number of ether oxygens (including phenoxy) is 3. The third kappa shape index (κ3) is 5.03. The molecule has 0 fully saturated rings. The van der Waals surface area contributed by atoms with Gasteiger partial charge in [-0.15, -0.1) is 0 Å². The zero-order valence-electron chi connectivity index (χ0n) is 20.1. The Hall–Kier alpha value is -5.00. The highest BCUT2D eigenvalue weighted by molar-refractivity contribution is 6.03. The van der Waals surface area contributed by atoms with E-state index < -0.39 is 33.3 Å². The molecule has 1 aliphatic heterocycles. The topological polar surface area (TPSA) is 155 Å². The van der Waals surface area contributed by atoms with Crippen LogP contribution in [0.4, 0.5) is 17.1 Å². The van der Waals surface area contributed by atoms with Crippen molar-refractivity contribution < 1.29 is 28.9 Å². The second kappa shape index (κ2) is 10.3. The van der Waals surface area contributed by atoms with Crippen LogP contribution in [0.1, 0.15) is 39.6 Å². The number of anilines is 1. The van der Waals surface area contributed by atoms with Gasteiger partial charge in [0.1, 0.15) is 17.4 Å². The number of hydrogen-bond acceptors (Lipinski definition) is 10. The number of non-ortho nitro benzene ring substituents is 1. The summed E-state index contributed by atoms with van der Waals surface area (Å²) >= 11 is 0. The van der Waals surface area contributed by atoms with Gasteiger partial charge < -0.3 is 14.2 Å². The van der Waals surface area contributed by atoms with Gasteiger partial charge in [0.05, 0.1) is 35.8 Å². The van der Waals surface area contributed by atoms with Gasteiger partial charge in [-0.1, -0.05) is 35.9 Å². The van der Waals surface area contributed by atoms with Crippen LogP contribution in [0, 0.1) is 27.2 Å². The summed E-state index contributed by atoms with van der Waals surface area (Å²) in [5.74, 6) is 0.0809. The molecule has 190 valence electrons. The number of cyclic esters (lactones) is 1. The largest absolute Gasteiger partial charge is 0.493 e. The highest BCUT2D eigenvalue weighted by Crippen LogP contribution is 2.43. The Morgan fingerprint density at radius 1 is 1.03 bits per heavy atom. The number of rotatable bonds is 9. The quantitative estimate of drug-likeness (QED) is 0.184. The highest BCUT2D eigenvalue weighted by atomic mass is 16.6.